The fourth-order valence-electron chi connectivity index (χ4n) is 8.79. The molecule has 6 atom stereocenters. The number of amides is 3. The van der Waals surface area contributed by atoms with Gasteiger partial charge in [-0.05, 0) is 82.3 Å². The molecule has 6 fully saturated rings. The number of urea groups is 1. The van der Waals surface area contributed by atoms with Gasteiger partial charge in [-0.2, -0.15) is 0 Å². The molecule has 3 aliphatic carbocycles. The Morgan fingerprint density at radius 3 is 2.36 bits per heavy atom. The minimum Gasteiger partial charge on any atom is -0.323 e. The average Bonchev–Trinajstić information content (AvgIpc) is 3.09. The lowest BCUT2D eigenvalue weighted by atomic mass is 9.68. The normalized spacial score (nSPS) is 34.7. The van der Waals surface area contributed by atoms with E-state index in [4.69, 9.17) is 0 Å². The Bertz CT molecular complexity index is 1360. The second kappa shape index (κ2) is 9.43. The number of nitrogens with one attached hydrogen (secondary N) is 1. The first kappa shape index (κ1) is 25.2. The van der Waals surface area contributed by atoms with Crippen LogP contribution in [0.15, 0.2) is 29.1 Å². The van der Waals surface area contributed by atoms with Crippen LogP contribution in [0.1, 0.15) is 90.5 Å². The maximum absolute atomic E-state index is 14.3. The van der Waals surface area contributed by atoms with Crippen LogP contribution in [-0.4, -0.2) is 50.6 Å². The van der Waals surface area contributed by atoms with Gasteiger partial charge >= 0.3 is 6.03 Å². The van der Waals surface area contributed by atoms with E-state index in [1.807, 2.05) is 28.8 Å². The Morgan fingerprint density at radius 2 is 1.62 bits per heavy atom. The van der Waals surface area contributed by atoms with Crippen LogP contribution in [0.4, 0.5) is 10.6 Å². The van der Waals surface area contributed by atoms with Crippen molar-refractivity contribution in [3.8, 4) is 0 Å². The molecule has 8 rings (SSSR count). The van der Waals surface area contributed by atoms with Crippen molar-refractivity contribution in [1.29, 1.82) is 0 Å². The summed E-state index contributed by atoms with van der Waals surface area (Å²) >= 11 is 0. The second-order valence-corrected chi connectivity index (χ2v) is 13.5. The maximum atomic E-state index is 14.3. The van der Waals surface area contributed by atoms with Crippen molar-refractivity contribution >= 4 is 28.8 Å². The number of hydrogen-bond donors (Lipinski definition) is 1. The quantitative estimate of drug-likeness (QED) is 0.563. The third-order valence-electron chi connectivity index (χ3n) is 10.6. The van der Waals surface area contributed by atoms with Gasteiger partial charge in [0.05, 0.1) is 11.0 Å². The number of fused-ring (bicyclic) bond motifs is 8. The number of imide groups is 1. The van der Waals surface area contributed by atoms with Crippen LogP contribution in [-0.2, 0) is 4.79 Å². The molecular formula is C31H41N5O3. The summed E-state index contributed by atoms with van der Waals surface area (Å²) in [5.41, 5.74) is 0.0458. The fraction of sp³-hybridized carbons (Fsp3) is 0.677. The molecule has 8 nitrogen and oxygen atoms in total. The van der Waals surface area contributed by atoms with Gasteiger partial charge in [0.15, 0.2) is 0 Å². The number of rotatable bonds is 3. The molecule has 2 aromatic rings. The number of carbonyl (C=O) groups excluding carboxylic acids is 2. The molecule has 0 radical (unpaired) electrons. The molecule has 1 aromatic heterocycles. The van der Waals surface area contributed by atoms with Gasteiger partial charge in [-0.1, -0.05) is 44.2 Å². The molecule has 6 aliphatic rings. The van der Waals surface area contributed by atoms with Crippen LogP contribution in [0, 0.1) is 17.8 Å². The molecular weight excluding hydrogens is 490 g/mol. The second-order valence-electron chi connectivity index (χ2n) is 13.5. The first-order valence-corrected chi connectivity index (χ1v) is 15.2. The SMILES string of the molecule is CC1(C)NC(=O)N(c2nc3ccccc3n([C@H]3C[C@H]4CCCCC3CN4C3C[C@H]4CCC[C@@H](C3)C4)c2=O)C1=O. The van der Waals surface area contributed by atoms with E-state index in [0.717, 1.165) is 41.6 Å². The zero-order chi connectivity index (χ0) is 26.9. The molecule has 4 bridgehead atoms. The van der Waals surface area contributed by atoms with E-state index in [2.05, 4.69) is 15.2 Å². The van der Waals surface area contributed by atoms with Crippen molar-refractivity contribution in [2.75, 3.05) is 11.4 Å². The highest BCUT2D eigenvalue weighted by Crippen LogP contribution is 2.46. The van der Waals surface area contributed by atoms with E-state index < -0.39 is 17.5 Å². The van der Waals surface area contributed by atoms with Crippen molar-refractivity contribution < 1.29 is 9.59 Å². The third-order valence-corrected chi connectivity index (χ3v) is 10.6. The van der Waals surface area contributed by atoms with Crippen LogP contribution in [0.5, 0.6) is 0 Å². The van der Waals surface area contributed by atoms with Crippen molar-refractivity contribution in [3.05, 3.63) is 34.6 Å². The zero-order valence-corrected chi connectivity index (χ0v) is 23.3. The van der Waals surface area contributed by atoms with Crippen LogP contribution in [0.3, 0.4) is 0 Å². The first-order chi connectivity index (χ1) is 18.8. The molecule has 8 heteroatoms. The molecule has 1 N–H and O–H groups in total. The van der Waals surface area contributed by atoms with Crippen LogP contribution in [0.25, 0.3) is 11.0 Å². The van der Waals surface area contributed by atoms with Crippen molar-refractivity contribution in [1.82, 2.24) is 19.8 Å². The molecule has 3 amide bonds. The highest BCUT2D eigenvalue weighted by atomic mass is 16.2. The average molecular weight is 532 g/mol. The Kier molecular flexibility index (Phi) is 6.10. The highest BCUT2D eigenvalue weighted by Gasteiger charge is 2.48. The summed E-state index contributed by atoms with van der Waals surface area (Å²) in [7, 11) is 0. The number of hydrogen-bond acceptors (Lipinski definition) is 5. The van der Waals surface area contributed by atoms with Crippen molar-refractivity contribution in [2.24, 2.45) is 17.8 Å². The van der Waals surface area contributed by atoms with Gasteiger partial charge in [0.2, 0.25) is 5.82 Å². The molecule has 3 aliphatic heterocycles. The van der Waals surface area contributed by atoms with Crippen molar-refractivity contribution in [3.63, 3.8) is 0 Å². The topological polar surface area (TPSA) is 87.5 Å². The Morgan fingerprint density at radius 1 is 0.872 bits per heavy atom. The molecule has 208 valence electrons. The largest absolute Gasteiger partial charge is 0.331 e. The van der Waals surface area contributed by atoms with Gasteiger partial charge in [0.1, 0.15) is 5.54 Å². The van der Waals surface area contributed by atoms with Gasteiger partial charge < -0.3 is 9.88 Å². The fourth-order valence-corrected chi connectivity index (χ4v) is 8.79. The van der Waals surface area contributed by atoms with E-state index in [9.17, 15) is 14.4 Å². The smallest absolute Gasteiger partial charge is 0.323 e. The van der Waals surface area contributed by atoms with E-state index in [0.29, 0.717) is 23.5 Å². The molecule has 3 saturated carbocycles. The summed E-state index contributed by atoms with van der Waals surface area (Å²) in [5.74, 6) is 1.64. The van der Waals surface area contributed by atoms with Gasteiger partial charge in [0, 0.05) is 24.7 Å². The van der Waals surface area contributed by atoms with E-state index in [1.54, 1.807) is 13.8 Å². The summed E-state index contributed by atoms with van der Waals surface area (Å²) in [5, 5.41) is 2.71. The van der Waals surface area contributed by atoms with Gasteiger partial charge in [0.25, 0.3) is 11.5 Å². The molecule has 1 aromatic carbocycles. The molecule has 0 spiro atoms. The predicted molar refractivity (Wildman–Crippen MR) is 151 cm³/mol. The molecule has 3 saturated heterocycles. The van der Waals surface area contributed by atoms with Crippen LogP contribution >= 0.6 is 0 Å². The van der Waals surface area contributed by atoms with E-state index in [-0.39, 0.29) is 17.4 Å². The first-order valence-electron chi connectivity index (χ1n) is 15.2. The lowest BCUT2D eigenvalue weighted by molar-refractivity contribution is -0.121. The number of para-hydroxylation sites is 2. The Labute approximate surface area is 230 Å². The lowest BCUT2D eigenvalue weighted by Crippen LogP contribution is -2.56. The number of anilines is 1. The highest BCUT2D eigenvalue weighted by molar-refractivity contribution is 6.22. The standard InChI is InChI=1S/C31H41N5O3/c1-31(2)29(38)36(30(39)33-31)27-28(37)35(25-13-6-5-12-24(25)32-27)26-17-22-11-4-3-10-21(26)18-34(22)23-15-19-8-7-9-20(14-19)16-23/h5-6,12-13,19-23,26H,3-4,7-11,14-18H2,1-2H3,(H,33,39)/t19-,20+,21?,22-,23?,26+/m1/s1. The van der Waals surface area contributed by atoms with Crippen molar-refractivity contribution in [2.45, 2.75) is 108 Å². The van der Waals surface area contributed by atoms with E-state index in [1.165, 1.54) is 57.8 Å². The number of piperidine rings is 1. The zero-order valence-electron chi connectivity index (χ0n) is 23.3. The Hall–Kier alpha value is -2.74. The number of benzene rings is 1. The minimum atomic E-state index is -1.07. The van der Waals surface area contributed by atoms with Gasteiger partial charge in [-0.3, -0.25) is 14.5 Å². The Balaban J connectivity index is 1.28. The summed E-state index contributed by atoms with van der Waals surface area (Å²) in [6.07, 6.45) is 14.0. The third kappa shape index (κ3) is 4.21. The van der Waals surface area contributed by atoms with Gasteiger partial charge in [-0.25, -0.2) is 14.7 Å². The number of aromatic nitrogens is 2. The molecule has 39 heavy (non-hydrogen) atoms. The predicted octanol–water partition coefficient (Wildman–Crippen LogP) is 5.01. The summed E-state index contributed by atoms with van der Waals surface area (Å²) in [6, 6.07) is 8.29. The van der Waals surface area contributed by atoms with Crippen LogP contribution < -0.4 is 15.8 Å². The summed E-state index contributed by atoms with van der Waals surface area (Å²) in [6.45, 7) is 4.36. The summed E-state index contributed by atoms with van der Waals surface area (Å²) < 4.78 is 1.92. The van der Waals surface area contributed by atoms with Crippen LogP contribution in [0.2, 0.25) is 0 Å². The molecule has 2 unspecified atom stereocenters. The number of nitrogens with zero attached hydrogens (tertiary/aromatic N) is 4. The maximum Gasteiger partial charge on any atom is 0.331 e. The van der Waals surface area contributed by atoms with Gasteiger partial charge in [-0.15, -0.1) is 0 Å². The minimum absolute atomic E-state index is 0.0302. The molecule has 4 heterocycles. The summed E-state index contributed by atoms with van der Waals surface area (Å²) in [4.78, 5) is 48.8. The lowest BCUT2D eigenvalue weighted by Gasteiger charge is -2.53. The number of carbonyl (C=O) groups is 2. The van der Waals surface area contributed by atoms with E-state index >= 15 is 0 Å². The monoisotopic (exact) mass is 531 g/mol.